The molecule has 18 heavy (non-hydrogen) atoms. The summed E-state index contributed by atoms with van der Waals surface area (Å²) >= 11 is 0. The first-order chi connectivity index (χ1) is 8.50. The van der Waals surface area contributed by atoms with Gasteiger partial charge in [-0.25, -0.2) is 4.18 Å². The van der Waals surface area contributed by atoms with Crippen LogP contribution in [0.1, 0.15) is 39.5 Å². The molecule has 5 nitrogen and oxygen atoms in total. The van der Waals surface area contributed by atoms with Gasteiger partial charge in [-0.1, -0.05) is 26.2 Å². The SMILES string of the molecule is CCCCCCN1C=CN(C)C1OS(=O)(=O)CC. The summed E-state index contributed by atoms with van der Waals surface area (Å²) in [6, 6.07) is 0. The van der Waals surface area contributed by atoms with Crippen molar-refractivity contribution in [2.75, 3.05) is 19.3 Å². The topological polar surface area (TPSA) is 49.9 Å². The van der Waals surface area contributed by atoms with E-state index in [9.17, 15) is 8.42 Å². The molecular formula is C12H24N2O3S. The summed E-state index contributed by atoms with van der Waals surface area (Å²) in [7, 11) is -1.61. The predicted octanol–water partition coefficient (Wildman–Crippen LogP) is 1.94. The highest BCUT2D eigenvalue weighted by Gasteiger charge is 2.28. The maximum Gasteiger partial charge on any atom is 0.270 e. The minimum atomic E-state index is -3.43. The summed E-state index contributed by atoms with van der Waals surface area (Å²) in [5, 5.41) is 0. The number of hydrogen-bond acceptors (Lipinski definition) is 5. The molecule has 6 heteroatoms. The molecular weight excluding hydrogens is 252 g/mol. The van der Waals surface area contributed by atoms with Crippen molar-refractivity contribution in [3.8, 4) is 0 Å². The number of rotatable bonds is 8. The summed E-state index contributed by atoms with van der Waals surface area (Å²) in [4.78, 5) is 3.70. The standard InChI is InChI=1S/C12H24N2O3S/c1-4-6-7-8-9-14-11-10-13(3)12(14)17-18(15,16)5-2/h10-12H,4-9H2,1-3H3. The molecule has 1 rings (SSSR count). The molecule has 106 valence electrons. The number of unbranched alkanes of at least 4 members (excludes halogenated alkanes) is 3. The van der Waals surface area contributed by atoms with Crippen molar-refractivity contribution in [1.82, 2.24) is 9.80 Å². The third kappa shape index (κ3) is 4.49. The van der Waals surface area contributed by atoms with Gasteiger partial charge in [-0.3, -0.25) is 0 Å². The van der Waals surface area contributed by atoms with Gasteiger partial charge in [0.25, 0.3) is 10.1 Å². The summed E-state index contributed by atoms with van der Waals surface area (Å²) in [5.74, 6) is 0.00101. The van der Waals surface area contributed by atoms with Crippen molar-refractivity contribution in [1.29, 1.82) is 0 Å². The Labute approximate surface area is 111 Å². The van der Waals surface area contributed by atoms with Gasteiger partial charge in [-0.2, -0.15) is 8.42 Å². The Morgan fingerprint density at radius 3 is 2.50 bits per heavy atom. The smallest absolute Gasteiger partial charge is 0.270 e. The third-order valence-electron chi connectivity index (χ3n) is 2.98. The molecule has 0 spiro atoms. The van der Waals surface area contributed by atoms with Gasteiger partial charge >= 0.3 is 0 Å². The van der Waals surface area contributed by atoms with Crippen LogP contribution < -0.4 is 0 Å². The van der Waals surface area contributed by atoms with Crippen LogP contribution in [0.4, 0.5) is 0 Å². The summed E-state index contributed by atoms with van der Waals surface area (Å²) in [6.45, 7) is 4.58. The van der Waals surface area contributed by atoms with Crippen LogP contribution in [0.25, 0.3) is 0 Å². The Kier molecular flexibility index (Phi) is 5.95. The van der Waals surface area contributed by atoms with Crippen molar-refractivity contribution < 1.29 is 12.6 Å². The first kappa shape index (κ1) is 15.3. The Morgan fingerprint density at radius 1 is 1.17 bits per heavy atom. The zero-order valence-electron chi connectivity index (χ0n) is 11.5. The Morgan fingerprint density at radius 2 is 1.89 bits per heavy atom. The highest BCUT2D eigenvalue weighted by Crippen LogP contribution is 2.18. The molecule has 0 aromatic heterocycles. The van der Waals surface area contributed by atoms with Gasteiger partial charge in [0.05, 0.1) is 5.75 Å². The lowest BCUT2D eigenvalue weighted by molar-refractivity contribution is -0.00887. The van der Waals surface area contributed by atoms with E-state index in [-0.39, 0.29) is 5.75 Å². The number of nitrogens with zero attached hydrogens (tertiary/aromatic N) is 2. The Bertz CT molecular complexity index is 368. The van der Waals surface area contributed by atoms with Crippen LogP contribution in [-0.2, 0) is 14.3 Å². The normalized spacial score (nSPS) is 19.8. The minimum absolute atomic E-state index is 0.00101. The highest BCUT2D eigenvalue weighted by atomic mass is 32.2. The molecule has 1 heterocycles. The Balaban J connectivity index is 2.48. The van der Waals surface area contributed by atoms with E-state index in [0.29, 0.717) is 0 Å². The minimum Gasteiger partial charge on any atom is -0.336 e. The summed E-state index contributed by atoms with van der Waals surface area (Å²) < 4.78 is 28.2. The molecule has 1 unspecified atom stereocenters. The average Bonchev–Trinajstić information content (AvgIpc) is 2.67. The fourth-order valence-electron chi connectivity index (χ4n) is 1.80. The van der Waals surface area contributed by atoms with Crippen molar-refractivity contribution in [2.24, 2.45) is 0 Å². The molecule has 0 saturated carbocycles. The second-order valence-corrected chi connectivity index (χ2v) is 6.42. The third-order valence-corrected chi connectivity index (χ3v) is 4.15. The average molecular weight is 276 g/mol. The molecule has 0 amide bonds. The lowest BCUT2D eigenvalue weighted by atomic mass is 10.2. The van der Waals surface area contributed by atoms with Crippen molar-refractivity contribution in [3.05, 3.63) is 12.4 Å². The van der Waals surface area contributed by atoms with Crippen molar-refractivity contribution in [2.45, 2.75) is 45.9 Å². The molecule has 0 aromatic rings. The molecule has 0 radical (unpaired) electrons. The van der Waals surface area contributed by atoms with E-state index in [1.807, 2.05) is 24.3 Å². The quantitative estimate of drug-likeness (QED) is 0.501. The van der Waals surface area contributed by atoms with Crippen LogP contribution >= 0.6 is 0 Å². The van der Waals surface area contributed by atoms with Gasteiger partial charge in [0, 0.05) is 26.0 Å². The van der Waals surface area contributed by atoms with Gasteiger partial charge in [0.2, 0.25) is 6.35 Å². The zero-order valence-corrected chi connectivity index (χ0v) is 12.3. The van der Waals surface area contributed by atoms with E-state index < -0.39 is 16.5 Å². The molecule has 1 atom stereocenters. The second-order valence-electron chi connectivity index (χ2n) is 4.53. The highest BCUT2D eigenvalue weighted by molar-refractivity contribution is 7.86. The van der Waals surface area contributed by atoms with E-state index in [2.05, 4.69) is 6.92 Å². The van der Waals surface area contributed by atoms with E-state index in [1.165, 1.54) is 12.8 Å². The molecule has 0 N–H and O–H groups in total. The van der Waals surface area contributed by atoms with Gasteiger partial charge < -0.3 is 9.80 Å². The van der Waals surface area contributed by atoms with Crippen LogP contribution in [0.5, 0.6) is 0 Å². The van der Waals surface area contributed by atoms with Gasteiger partial charge in [-0.15, -0.1) is 0 Å². The molecule has 0 aromatic carbocycles. The van der Waals surface area contributed by atoms with Crippen LogP contribution in [0.2, 0.25) is 0 Å². The fraction of sp³-hybridized carbons (Fsp3) is 0.833. The first-order valence-electron chi connectivity index (χ1n) is 6.57. The summed E-state index contributed by atoms with van der Waals surface area (Å²) in [6.07, 6.45) is 7.84. The molecule has 0 aliphatic carbocycles. The molecule has 1 aliphatic rings. The van der Waals surface area contributed by atoms with Crippen LogP contribution in [0.3, 0.4) is 0 Å². The van der Waals surface area contributed by atoms with Crippen molar-refractivity contribution in [3.63, 3.8) is 0 Å². The van der Waals surface area contributed by atoms with Crippen molar-refractivity contribution >= 4 is 10.1 Å². The number of hydrogen-bond donors (Lipinski definition) is 0. The van der Waals surface area contributed by atoms with Gasteiger partial charge in [-0.05, 0) is 13.3 Å². The molecule has 0 saturated heterocycles. The lowest BCUT2D eigenvalue weighted by Gasteiger charge is -2.29. The zero-order chi connectivity index (χ0) is 13.6. The van der Waals surface area contributed by atoms with E-state index >= 15 is 0 Å². The van der Waals surface area contributed by atoms with E-state index in [0.717, 1.165) is 19.4 Å². The summed E-state index contributed by atoms with van der Waals surface area (Å²) in [5.41, 5.74) is 0. The predicted molar refractivity (Wildman–Crippen MR) is 72.1 cm³/mol. The Hall–Kier alpha value is -0.750. The maximum atomic E-state index is 11.5. The van der Waals surface area contributed by atoms with E-state index in [1.54, 1.807) is 11.8 Å². The molecule has 0 bridgehead atoms. The lowest BCUT2D eigenvalue weighted by Crippen LogP contribution is -2.41. The molecule has 0 fully saturated rings. The second kappa shape index (κ2) is 6.99. The first-order valence-corrected chi connectivity index (χ1v) is 8.15. The van der Waals surface area contributed by atoms with Crippen LogP contribution in [-0.4, -0.2) is 43.9 Å². The van der Waals surface area contributed by atoms with Gasteiger partial charge in [0.1, 0.15) is 0 Å². The fourth-order valence-corrected chi connectivity index (χ4v) is 2.45. The van der Waals surface area contributed by atoms with E-state index in [4.69, 9.17) is 4.18 Å². The maximum absolute atomic E-state index is 11.5. The van der Waals surface area contributed by atoms with Gasteiger partial charge in [0.15, 0.2) is 0 Å². The molecule has 1 aliphatic heterocycles. The largest absolute Gasteiger partial charge is 0.336 e. The van der Waals surface area contributed by atoms with Crippen LogP contribution in [0.15, 0.2) is 12.4 Å². The monoisotopic (exact) mass is 276 g/mol. The van der Waals surface area contributed by atoms with Crippen LogP contribution in [0, 0.1) is 0 Å².